The number of rotatable bonds is 6. The maximum absolute atomic E-state index is 12.9. The van der Waals surface area contributed by atoms with Crippen LogP contribution in [-0.2, 0) is 31.8 Å². The third kappa shape index (κ3) is 5.97. The fourth-order valence-corrected chi connectivity index (χ4v) is 3.38. The van der Waals surface area contributed by atoms with Gasteiger partial charge in [0.1, 0.15) is 0 Å². The van der Waals surface area contributed by atoms with Crippen LogP contribution in [-0.4, -0.2) is 35.8 Å². The number of halogens is 4. The Morgan fingerprint density at radius 2 is 1.87 bits per heavy atom. The van der Waals surface area contributed by atoms with Gasteiger partial charge >= 0.3 is 12.1 Å². The molecule has 1 fully saturated rings. The molecule has 0 radical (unpaired) electrons. The van der Waals surface area contributed by atoms with Gasteiger partial charge in [-0.25, -0.2) is 0 Å². The summed E-state index contributed by atoms with van der Waals surface area (Å²) in [5.41, 5.74) is -0.305. The zero-order valence-corrected chi connectivity index (χ0v) is 16.9. The van der Waals surface area contributed by atoms with Gasteiger partial charge in [0.2, 0.25) is 5.91 Å². The minimum atomic E-state index is -4.68. The molecule has 2 amide bonds. The van der Waals surface area contributed by atoms with Gasteiger partial charge in [0.25, 0.3) is 5.91 Å². The number of likely N-dealkylation sites (tertiary alicyclic amines) is 1. The first kappa shape index (κ1) is 22.6. The highest BCUT2D eigenvalue weighted by atomic mass is 35.5. The third-order valence-corrected chi connectivity index (χ3v) is 4.99. The van der Waals surface area contributed by atoms with Crippen molar-refractivity contribution in [3.63, 3.8) is 0 Å². The fourth-order valence-electron chi connectivity index (χ4n) is 3.16. The molecule has 0 bridgehead atoms. The molecular formula is C21H18ClF3N2O4. The van der Waals surface area contributed by atoms with Crippen LogP contribution in [0, 0.1) is 5.92 Å². The Kier molecular flexibility index (Phi) is 6.84. The number of nitrogens with one attached hydrogen (secondary N) is 1. The first-order valence-corrected chi connectivity index (χ1v) is 9.66. The number of hydrogen-bond donors (Lipinski definition) is 1. The van der Waals surface area contributed by atoms with Gasteiger partial charge in [-0.15, -0.1) is 0 Å². The number of alkyl halides is 3. The van der Waals surface area contributed by atoms with Gasteiger partial charge in [-0.3, -0.25) is 14.4 Å². The molecule has 1 saturated heterocycles. The lowest BCUT2D eigenvalue weighted by Gasteiger charge is -2.16. The molecular weight excluding hydrogens is 437 g/mol. The standard InChI is InChI=1S/C21H18ClF3N2O4/c22-17-7-6-15(9-16(17)21(23,24)25)26-18(28)12-31-20(30)14-8-19(29)27(11-14)10-13-4-2-1-3-5-13/h1-7,9,14H,8,10-12H2,(H,26,28)/t14-/m1/s1. The molecule has 0 spiro atoms. The Hall–Kier alpha value is -3.07. The summed E-state index contributed by atoms with van der Waals surface area (Å²) in [7, 11) is 0. The van der Waals surface area contributed by atoms with Gasteiger partial charge in [0.15, 0.2) is 6.61 Å². The lowest BCUT2D eigenvalue weighted by Crippen LogP contribution is -2.28. The van der Waals surface area contributed by atoms with Gasteiger partial charge in [0.05, 0.1) is 16.5 Å². The van der Waals surface area contributed by atoms with E-state index in [0.29, 0.717) is 12.6 Å². The maximum atomic E-state index is 12.9. The Labute approximate surface area is 180 Å². The van der Waals surface area contributed by atoms with Gasteiger partial charge < -0.3 is 15.0 Å². The molecule has 3 rings (SSSR count). The fraction of sp³-hybridized carbons (Fsp3) is 0.286. The number of carbonyl (C=O) groups is 3. The van der Waals surface area contributed by atoms with Gasteiger partial charge in [-0.05, 0) is 23.8 Å². The largest absolute Gasteiger partial charge is 0.455 e. The summed E-state index contributed by atoms with van der Waals surface area (Å²) in [5.74, 6) is -2.44. The Bertz CT molecular complexity index is 982. The van der Waals surface area contributed by atoms with Crippen molar-refractivity contribution in [3.05, 3.63) is 64.7 Å². The molecule has 164 valence electrons. The van der Waals surface area contributed by atoms with Crippen molar-refractivity contribution >= 4 is 35.1 Å². The quantitative estimate of drug-likeness (QED) is 0.672. The lowest BCUT2D eigenvalue weighted by atomic mass is 10.1. The molecule has 2 aromatic carbocycles. The molecule has 10 heteroatoms. The van der Waals surface area contributed by atoms with Crippen LogP contribution in [0.5, 0.6) is 0 Å². The smallest absolute Gasteiger partial charge is 0.417 e. The summed E-state index contributed by atoms with van der Waals surface area (Å²) in [5, 5.41) is 1.73. The van der Waals surface area contributed by atoms with Crippen LogP contribution in [0.4, 0.5) is 18.9 Å². The van der Waals surface area contributed by atoms with Crippen LogP contribution >= 0.6 is 11.6 Å². The van der Waals surface area contributed by atoms with Crippen molar-refractivity contribution in [2.45, 2.75) is 19.1 Å². The molecule has 2 aromatic rings. The second kappa shape index (κ2) is 9.38. The summed E-state index contributed by atoms with van der Waals surface area (Å²) >= 11 is 5.53. The monoisotopic (exact) mass is 454 g/mol. The van der Waals surface area contributed by atoms with Crippen LogP contribution in [0.3, 0.4) is 0 Å². The van der Waals surface area contributed by atoms with Gasteiger partial charge in [-0.1, -0.05) is 41.9 Å². The average Bonchev–Trinajstić information content (AvgIpc) is 3.08. The summed E-state index contributed by atoms with van der Waals surface area (Å²) in [4.78, 5) is 37.9. The number of carbonyl (C=O) groups excluding carboxylic acids is 3. The SMILES string of the molecule is O=C(COC(=O)[C@@H]1CC(=O)N(Cc2ccccc2)C1)Nc1ccc(Cl)c(C(F)(F)F)c1. The zero-order chi connectivity index (χ0) is 22.6. The summed E-state index contributed by atoms with van der Waals surface area (Å²) in [6, 6.07) is 12.2. The van der Waals surface area contributed by atoms with Crippen LogP contribution in [0.15, 0.2) is 48.5 Å². The second-order valence-corrected chi connectivity index (χ2v) is 7.42. The van der Waals surface area contributed by atoms with Crippen LogP contribution < -0.4 is 5.32 Å². The number of benzene rings is 2. The van der Waals surface area contributed by atoms with Crippen LogP contribution in [0.1, 0.15) is 17.5 Å². The van der Waals surface area contributed by atoms with Crippen LogP contribution in [0.2, 0.25) is 5.02 Å². The van der Waals surface area contributed by atoms with Crippen molar-refractivity contribution in [2.24, 2.45) is 5.92 Å². The molecule has 1 aliphatic rings. The summed E-state index contributed by atoms with van der Waals surface area (Å²) < 4.78 is 43.6. The number of anilines is 1. The van der Waals surface area contributed by atoms with E-state index >= 15 is 0 Å². The van der Waals surface area contributed by atoms with Crippen molar-refractivity contribution < 1.29 is 32.3 Å². The minimum absolute atomic E-state index is 0.0284. The van der Waals surface area contributed by atoms with E-state index in [1.54, 1.807) is 0 Å². The topological polar surface area (TPSA) is 75.7 Å². The molecule has 1 atom stereocenters. The molecule has 31 heavy (non-hydrogen) atoms. The van der Waals surface area contributed by atoms with E-state index in [1.807, 2.05) is 30.3 Å². The molecule has 1 N–H and O–H groups in total. The first-order chi connectivity index (χ1) is 14.6. The van der Waals surface area contributed by atoms with E-state index in [-0.39, 0.29) is 24.6 Å². The average molecular weight is 455 g/mol. The van der Waals surface area contributed by atoms with Crippen molar-refractivity contribution in [2.75, 3.05) is 18.5 Å². The number of hydrogen-bond acceptors (Lipinski definition) is 4. The molecule has 6 nitrogen and oxygen atoms in total. The zero-order valence-electron chi connectivity index (χ0n) is 16.1. The summed E-state index contributed by atoms with van der Waals surface area (Å²) in [6.07, 6.45) is -4.70. The van der Waals surface area contributed by atoms with Crippen LogP contribution in [0.25, 0.3) is 0 Å². The Balaban J connectivity index is 1.51. The second-order valence-electron chi connectivity index (χ2n) is 7.01. The number of nitrogens with zero attached hydrogens (tertiary/aromatic N) is 1. The van der Waals surface area contributed by atoms with Crippen molar-refractivity contribution in [1.29, 1.82) is 0 Å². The number of esters is 1. The molecule has 0 saturated carbocycles. The van der Waals surface area contributed by atoms with E-state index in [9.17, 15) is 27.6 Å². The maximum Gasteiger partial charge on any atom is 0.417 e. The minimum Gasteiger partial charge on any atom is -0.455 e. The molecule has 0 aromatic heterocycles. The lowest BCUT2D eigenvalue weighted by molar-refractivity contribution is -0.151. The van der Waals surface area contributed by atoms with Crippen molar-refractivity contribution in [1.82, 2.24) is 4.90 Å². The first-order valence-electron chi connectivity index (χ1n) is 9.28. The van der Waals surface area contributed by atoms with E-state index in [1.165, 1.54) is 11.0 Å². The number of ether oxygens (including phenoxy) is 1. The molecule has 1 aliphatic heterocycles. The predicted molar refractivity (Wildman–Crippen MR) is 106 cm³/mol. The number of amides is 2. The highest BCUT2D eigenvalue weighted by Crippen LogP contribution is 2.36. The van der Waals surface area contributed by atoms with E-state index in [2.05, 4.69) is 5.32 Å². The third-order valence-electron chi connectivity index (χ3n) is 4.67. The molecule has 1 heterocycles. The summed E-state index contributed by atoms with van der Waals surface area (Å²) in [6.45, 7) is -0.158. The van der Waals surface area contributed by atoms with E-state index in [0.717, 1.165) is 11.6 Å². The Morgan fingerprint density at radius 1 is 1.16 bits per heavy atom. The molecule has 0 aliphatic carbocycles. The van der Waals surface area contributed by atoms with Gasteiger partial charge in [-0.2, -0.15) is 13.2 Å². The normalized spacial score (nSPS) is 16.3. The predicted octanol–water partition coefficient (Wildman–Crippen LogP) is 3.89. The molecule has 0 unspecified atom stereocenters. The van der Waals surface area contributed by atoms with Gasteiger partial charge in [0, 0.05) is 25.2 Å². The Morgan fingerprint density at radius 3 is 2.55 bits per heavy atom. The van der Waals surface area contributed by atoms with E-state index in [4.69, 9.17) is 16.3 Å². The van der Waals surface area contributed by atoms with Crippen molar-refractivity contribution in [3.8, 4) is 0 Å². The highest BCUT2D eigenvalue weighted by molar-refractivity contribution is 6.31. The highest BCUT2D eigenvalue weighted by Gasteiger charge is 2.36. The van der Waals surface area contributed by atoms with E-state index < -0.39 is 41.2 Å².